The van der Waals surface area contributed by atoms with Gasteiger partial charge in [0.15, 0.2) is 0 Å². The molecule has 6 heteroatoms. The zero-order chi connectivity index (χ0) is 18.6. The first kappa shape index (κ1) is 19.2. The van der Waals surface area contributed by atoms with E-state index in [0.29, 0.717) is 31.7 Å². The van der Waals surface area contributed by atoms with Crippen LogP contribution in [0.3, 0.4) is 0 Å². The van der Waals surface area contributed by atoms with E-state index in [9.17, 15) is 14.7 Å². The summed E-state index contributed by atoms with van der Waals surface area (Å²) in [5, 5.41) is 9.33. The molecule has 0 radical (unpaired) electrons. The van der Waals surface area contributed by atoms with Crippen molar-refractivity contribution in [3.63, 3.8) is 0 Å². The van der Waals surface area contributed by atoms with Gasteiger partial charge in [0.2, 0.25) is 0 Å². The second-order valence-electron chi connectivity index (χ2n) is 7.43. The van der Waals surface area contributed by atoms with Gasteiger partial charge in [-0.2, -0.15) is 0 Å². The van der Waals surface area contributed by atoms with Crippen molar-refractivity contribution in [3.8, 4) is 0 Å². The molecule has 1 amide bonds. The minimum Gasteiger partial charge on any atom is -0.478 e. The number of hydrogen-bond acceptors (Lipinski definition) is 4. The van der Waals surface area contributed by atoms with Crippen LogP contribution in [-0.4, -0.2) is 58.2 Å². The summed E-state index contributed by atoms with van der Waals surface area (Å²) in [5.41, 5.74) is 0.633. The summed E-state index contributed by atoms with van der Waals surface area (Å²) in [6.45, 7) is 10.2. The molecule has 1 unspecified atom stereocenters. The molecule has 1 fully saturated rings. The van der Waals surface area contributed by atoms with Crippen LogP contribution in [0.5, 0.6) is 0 Å². The number of carboxylic acid groups (broad SMARTS) is 1. The number of carbonyl (C=O) groups is 2. The fourth-order valence-electron chi connectivity index (χ4n) is 3.08. The van der Waals surface area contributed by atoms with Crippen molar-refractivity contribution < 1.29 is 19.4 Å². The van der Waals surface area contributed by atoms with Gasteiger partial charge < -0.3 is 14.7 Å². The highest BCUT2D eigenvalue weighted by atomic mass is 16.6. The molecular formula is C19H28N2O4. The summed E-state index contributed by atoms with van der Waals surface area (Å²) in [7, 11) is 0. The number of piperazine rings is 1. The molecule has 0 saturated carbocycles. The molecule has 1 aromatic carbocycles. The monoisotopic (exact) mass is 348 g/mol. The van der Waals surface area contributed by atoms with Gasteiger partial charge >= 0.3 is 12.1 Å². The summed E-state index contributed by atoms with van der Waals surface area (Å²) in [5.74, 6) is -0.907. The van der Waals surface area contributed by atoms with E-state index in [1.165, 1.54) is 0 Å². The van der Waals surface area contributed by atoms with Gasteiger partial charge in [0, 0.05) is 32.2 Å². The van der Waals surface area contributed by atoms with E-state index in [4.69, 9.17) is 4.74 Å². The quantitative estimate of drug-likeness (QED) is 0.905. The highest BCUT2D eigenvalue weighted by Gasteiger charge is 2.32. The molecule has 1 heterocycles. The number of carboxylic acids is 1. The molecule has 138 valence electrons. The van der Waals surface area contributed by atoms with E-state index < -0.39 is 11.6 Å². The van der Waals surface area contributed by atoms with E-state index in [1.54, 1.807) is 17.0 Å². The molecule has 0 bridgehead atoms. The van der Waals surface area contributed by atoms with Crippen LogP contribution in [0.1, 0.15) is 50.0 Å². The Labute approximate surface area is 149 Å². The lowest BCUT2D eigenvalue weighted by Gasteiger charge is -2.41. The van der Waals surface area contributed by atoms with Crippen LogP contribution in [0, 0.1) is 0 Å². The molecule has 0 aromatic heterocycles. The fourth-order valence-corrected chi connectivity index (χ4v) is 3.08. The molecule has 6 nitrogen and oxygen atoms in total. The Kier molecular flexibility index (Phi) is 6.06. The van der Waals surface area contributed by atoms with Gasteiger partial charge in [-0.1, -0.05) is 25.1 Å². The molecule has 1 aliphatic rings. The lowest BCUT2D eigenvalue weighted by molar-refractivity contribution is -0.00301. The number of nitrogens with zero attached hydrogens (tertiary/aromatic N) is 2. The van der Waals surface area contributed by atoms with Crippen molar-refractivity contribution in [2.45, 2.75) is 52.3 Å². The molecule has 1 N–H and O–H groups in total. The standard InChI is InChI=1S/C19H28N2O4/c1-5-15-13-20(10-11-21(15)18(24)25-19(2,3)4)12-14-8-6-7-9-16(14)17(22)23/h6-9,15H,5,10-13H2,1-4H3,(H,22,23). The number of hydrogen-bond donors (Lipinski definition) is 1. The zero-order valence-electron chi connectivity index (χ0n) is 15.5. The average molecular weight is 348 g/mol. The third-order valence-corrected chi connectivity index (χ3v) is 4.31. The van der Waals surface area contributed by atoms with Crippen LogP contribution < -0.4 is 0 Å². The number of aromatic carboxylic acids is 1. The van der Waals surface area contributed by atoms with Gasteiger partial charge in [0.05, 0.1) is 5.56 Å². The molecular weight excluding hydrogens is 320 g/mol. The maximum atomic E-state index is 12.4. The molecule has 1 aliphatic heterocycles. The molecule has 25 heavy (non-hydrogen) atoms. The first-order chi connectivity index (χ1) is 11.7. The van der Waals surface area contributed by atoms with E-state index in [0.717, 1.165) is 12.0 Å². The van der Waals surface area contributed by atoms with Crippen LogP contribution >= 0.6 is 0 Å². The summed E-state index contributed by atoms with van der Waals surface area (Å²) in [6.07, 6.45) is 0.556. The summed E-state index contributed by atoms with van der Waals surface area (Å²) >= 11 is 0. The Morgan fingerprint density at radius 1 is 1.24 bits per heavy atom. The first-order valence-electron chi connectivity index (χ1n) is 8.74. The SMILES string of the molecule is CCC1CN(Cc2ccccc2C(=O)O)CCN1C(=O)OC(C)(C)C. The summed E-state index contributed by atoms with van der Waals surface area (Å²) < 4.78 is 5.50. The van der Waals surface area contributed by atoms with Gasteiger partial charge in [-0.3, -0.25) is 4.90 Å². The van der Waals surface area contributed by atoms with Crippen LogP contribution in [-0.2, 0) is 11.3 Å². The third kappa shape index (κ3) is 5.19. The maximum Gasteiger partial charge on any atom is 0.410 e. The van der Waals surface area contributed by atoms with Crippen LogP contribution in [0.2, 0.25) is 0 Å². The number of amides is 1. The second kappa shape index (κ2) is 7.87. The highest BCUT2D eigenvalue weighted by Crippen LogP contribution is 2.20. The van der Waals surface area contributed by atoms with Crippen molar-refractivity contribution in [3.05, 3.63) is 35.4 Å². The molecule has 1 atom stereocenters. The Balaban J connectivity index is 2.04. The molecule has 1 aromatic rings. The van der Waals surface area contributed by atoms with Crippen molar-refractivity contribution in [1.82, 2.24) is 9.80 Å². The van der Waals surface area contributed by atoms with Gasteiger partial charge in [-0.05, 0) is 38.8 Å². The Hall–Kier alpha value is -2.08. The first-order valence-corrected chi connectivity index (χ1v) is 8.74. The van der Waals surface area contributed by atoms with E-state index in [1.807, 2.05) is 32.9 Å². The number of rotatable bonds is 4. The normalized spacial score (nSPS) is 18.9. The Morgan fingerprint density at radius 3 is 2.52 bits per heavy atom. The van der Waals surface area contributed by atoms with Crippen LogP contribution in [0.25, 0.3) is 0 Å². The summed E-state index contributed by atoms with van der Waals surface area (Å²) in [6, 6.07) is 7.15. The molecule has 0 spiro atoms. The number of ether oxygens (including phenoxy) is 1. The van der Waals surface area contributed by atoms with E-state index in [2.05, 4.69) is 11.8 Å². The predicted octanol–water partition coefficient (Wildman–Crippen LogP) is 3.22. The third-order valence-electron chi connectivity index (χ3n) is 4.31. The van der Waals surface area contributed by atoms with Gasteiger partial charge in [-0.25, -0.2) is 9.59 Å². The minimum atomic E-state index is -0.907. The molecule has 2 rings (SSSR count). The highest BCUT2D eigenvalue weighted by molar-refractivity contribution is 5.89. The van der Waals surface area contributed by atoms with Crippen molar-refractivity contribution in [2.24, 2.45) is 0 Å². The smallest absolute Gasteiger partial charge is 0.410 e. The second-order valence-corrected chi connectivity index (χ2v) is 7.43. The van der Waals surface area contributed by atoms with Crippen molar-refractivity contribution >= 4 is 12.1 Å². The van der Waals surface area contributed by atoms with Gasteiger partial charge in [-0.15, -0.1) is 0 Å². The van der Waals surface area contributed by atoms with E-state index in [-0.39, 0.29) is 12.1 Å². The largest absolute Gasteiger partial charge is 0.478 e. The molecule has 0 aliphatic carbocycles. The topological polar surface area (TPSA) is 70.1 Å². The zero-order valence-corrected chi connectivity index (χ0v) is 15.5. The van der Waals surface area contributed by atoms with Crippen LogP contribution in [0.4, 0.5) is 4.79 Å². The van der Waals surface area contributed by atoms with Crippen molar-refractivity contribution in [1.29, 1.82) is 0 Å². The van der Waals surface area contributed by atoms with Crippen molar-refractivity contribution in [2.75, 3.05) is 19.6 Å². The number of carbonyl (C=O) groups excluding carboxylic acids is 1. The predicted molar refractivity (Wildman–Crippen MR) is 95.7 cm³/mol. The fraction of sp³-hybridized carbons (Fsp3) is 0.579. The average Bonchev–Trinajstić information content (AvgIpc) is 2.53. The maximum absolute atomic E-state index is 12.4. The summed E-state index contributed by atoms with van der Waals surface area (Å²) in [4.78, 5) is 27.8. The minimum absolute atomic E-state index is 0.0700. The Morgan fingerprint density at radius 2 is 1.92 bits per heavy atom. The molecule has 1 saturated heterocycles. The lowest BCUT2D eigenvalue weighted by atomic mass is 10.0. The number of benzene rings is 1. The van der Waals surface area contributed by atoms with E-state index >= 15 is 0 Å². The van der Waals surface area contributed by atoms with Crippen LogP contribution in [0.15, 0.2) is 24.3 Å². The lowest BCUT2D eigenvalue weighted by Crippen LogP contribution is -2.55. The van der Waals surface area contributed by atoms with Gasteiger partial charge in [0.1, 0.15) is 5.60 Å². The van der Waals surface area contributed by atoms with Gasteiger partial charge in [0.25, 0.3) is 0 Å². The Bertz CT molecular complexity index is 624.